The molecule has 1 N–H and O–H groups in total. The van der Waals surface area contributed by atoms with Crippen LogP contribution < -0.4 is 5.32 Å². The Labute approximate surface area is 133 Å². The SMILES string of the molecule is CCNC(c1cscc1Br)C1(c2ccccc2)CCC1. The van der Waals surface area contributed by atoms with Gasteiger partial charge in [0.2, 0.25) is 0 Å². The number of thiophene rings is 1. The van der Waals surface area contributed by atoms with E-state index in [4.69, 9.17) is 0 Å². The first kappa shape index (κ1) is 14.3. The molecule has 1 fully saturated rings. The molecule has 2 aromatic rings. The van der Waals surface area contributed by atoms with Crippen LogP contribution in [-0.2, 0) is 5.41 Å². The standard InChI is InChI=1S/C17H20BrNS/c1-2-19-16(14-11-20-12-15(14)18)17(9-6-10-17)13-7-4-3-5-8-13/h3-5,7-8,11-12,16,19H,2,6,9-10H2,1H3. The maximum absolute atomic E-state index is 3.74. The number of rotatable bonds is 5. The first-order valence-corrected chi connectivity index (χ1v) is 9.02. The highest BCUT2D eigenvalue weighted by Gasteiger charge is 2.46. The second-order valence-electron chi connectivity index (χ2n) is 5.54. The zero-order chi connectivity index (χ0) is 14.0. The fourth-order valence-electron chi connectivity index (χ4n) is 3.38. The molecular formula is C17H20BrNS. The van der Waals surface area contributed by atoms with Gasteiger partial charge in [-0.3, -0.25) is 0 Å². The lowest BCUT2D eigenvalue weighted by Gasteiger charge is -2.49. The second-order valence-corrected chi connectivity index (χ2v) is 7.14. The number of likely N-dealkylation sites (N-methyl/N-ethyl adjacent to an activating group) is 1. The van der Waals surface area contributed by atoms with Crippen molar-refractivity contribution in [2.24, 2.45) is 0 Å². The Morgan fingerprint density at radius 3 is 2.50 bits per heavy atom. The topological polar surface area (TPSA) is 12.0 Å². The summed E-state index contributed by atoms with van der Waals surface area (Å²) in [6.45, 7) is 3.20. The van der Waals surface area contributed by atoms with Crippen LogP contribution in [0.25, 0.3) is 0 Å². The Morgan fingerprint density at radius 1 is 1.25 bits per heavy atom. The summed E-state index contributed by atoms with van der Waals surface area (Å²) in [5.41, 5.74) is 3.16. The fourth-order valence-corrected chi connectivity index (χ4v) is 4.93. The van der Waals surface area contributed by atoms with Gasteiger partial charge in [0.05, 0.1) is 0 Å². The fraction of sp³-hybridized carbons (Fsp3) is 0.412. The van der Waals surface area contributed by atoms with E-state index in [1.807, 2.05) is 0 Å². The Balaban J connectivity index is 2.03. The molecule has 0 saturated heterocycles. The van der Waals surface area contributed by atoms with Gasteiger partial charge in [0.15, 0.2) is 0 Å². The van der Waals surface area contributed by atoms with Crippen molar-refractivity contribution in [3.05, 3.63) is 56.7 Å². The maximum Gasteiger partial charge on any atom is 0.0437 e. The van der Waals surface area contributed by atoms with Crippen molar-refractivity contribution < 1.29 is 0 Å². The molecule has 3 heteroatoms. The molecule has 1 aliphatic carbocycles. The van der Waals surface area contributed by atoms with Gasteiger partial charge < -0.3 is 5.32 Å². The lowest BCUT2D eigenvalue weighted by Crippen LogP contribution is -2.46. The van der Waals surface area contributed by atoms with Crippen LogP contribution in [-0.4, -0.2) is 6.54 Å². The van der Waals surface area contributed by atoms with E-state index in [1.165, 1.54) is 34.9 Å². The minimum Gasteiger partial charge on any atom is -0.309 e. The largest absolute Gasteiger partial charge is 0.309 e. The van der Waals surface area contributed by atoms with Crippen LogP contribution in [0.4, 0.5) is 0 Å². The maximum atomic E-state index is 3.74. The lowest BCUT2D eigenvalue weighted by atomic mass is 9.59. The summed E-state index contributed by atoms with van der Waals surface area (Å²) in [6, 6.07) is 11.4. The summed E-state index contributed by atoms with van der Waals surface area (Å²) >= 11 is 5.51. The molecule has 1 aliphatic rings. The van der Waals surface area contributed by atoms with E-state index in [0.29, 0.717) is 6.04 Å². The van der Waals surface area contributed by atoms with Crippen LogP contribution in [0.1, 0.15) is 43.4 Å². The van der Waals surface area contributed by atoms with Gasteiger partial charge in [-0.05, 0) is 51.8 Å². The molecule has 1 aromatic heterocycles. The molecule has 3 rings (SSSR count). The average molecular weight is 350 g/mol. The summed E-state index contributed by atoms with van der Waals surface area (Å²) in [6.07, 6.45) is 3.88. The van der Waals surface area contributed by atoms with E-state index in [9.17, 15) is 0 Å². The third kappa shape index (κ3) is 2.36. The summed E-state index contributed by atoms with van der Waals surface area (Å²) < 4.78 is 1.25. The number of halogens is 1. The minimum atomic E-state index is 0.265. The van der Waals surface area contributed by atoms with Gasteiger partial charge in [-0.1, -0.05) is 43.7 Å². The Bertz CT molecular complexity index is 559. The minimum absolute atomic E-state index is 0.265. The van der Waals surface area contributed by atoms with Crippen LogP contribution in [0.3, 0.4) is 0 Å². The molecule has 1 heterocycles. The summed E-state index contributed by atoms with van der Waals surface area (Å²) in [4.78, 5) is 0. The zero-order valence-electron chi connectivity index (χ0n) is 11.7. The van der Waals surface area contributed by atoms with E-state index < -0.39 is 0 Å². The van der Waals surface area contributed by atoms with E-state index >= 15 is 0 Å². The monoisotopic (exact) mass is 349 g/mol. The van der Waals surface area contributed by atoms with Crippen LogP contribution in [0, 0.1) is 0 Å². The number of hydrogen-bond acceptors (Lipinski definition) is 2. The van der Waals surface area contributed by atoms with Crippen molar-refractivity contribution in [1.82, 2.24) is 5.32 Å². The first-order valence-electron chi connectivity index (χ1n) is 7.28. The Hall–Kier alpha value is -0.640. The molecular weight excluding hydrogens is 330 g/mol. The van der Waals surface area contributed by atoms with Crippen LogP contribution in [0.5, 0.6) is 0 Å². The number of benzene rings is 1. The molecule has 0 radical (unpaired) electrons. The van der Waals surface area contributed by atoms with Crippen molar-refractivity contribution in [3.8, 4) is 0 Å². The number of hydrogen-bond donors (Lipinski definition) is 1. The van der Waals surface area contributed by atoms with E-state index in [-0.39, 0.29) is 5.41 Å². The van der Waals surface area contributed by atoms with Crippen molar-refractivity contribution in [2.45, 2.75) is 37.6 Å². The molecule has 20 heavy (non-hydrogen) atoms. The zero-order valence-corrected chi connectivity index (χ0v) is 14.1. The molecule has 1 atom stereocenters. The molecule has 1 unspecified atom stereocenters. The van der Waals surface area contributed by atoms with Gasteiger partial charge in [0, 0.05) is 21.3 Å². The molecule has 1 nitrogen and oxygen atoms in total. The van der Waals surface area contributed by atoms with Crippen molar-refractivity contribution in [3.63, 3.8) is 0 Å². The quantitative estimate of drug-likeness (QED) is 0.773. The average Bonchev–Trinajstić information content (AvgIpc) is 2.84. The van der Waals surface area contributed by atoms with Crippen molar-refractivity contribution >= 4 is 27.3 Å². The van der Waals surface area contributed by atoms with Gasteiger partial charge in [-0.2, -0.15) is 11.3 Å². The normalized spacial score (nSPS) is 18.5. The van der Waals surface area contributed by atoms with Crippen molar-refractivity contribution in [1.29, 1.82) is 0 Å². The predicted octanol–water partition coefficient (Wildman–Crippen LogP) is 5.28. The highest BCUT2D eigenvalue weighted by molar-refractivity contribution is 9.10. The molecule has 1 saturated carbocycles. The summed E-state index contributed by atoms with van der Waals surface area (Å²) in [5.74, 6) is 0. The van der Waals surface area contributed by atoms with Crippen LogP contribution in [0.2, 0.25) is 0 Å². The van der Waals surface area contributed by atoms with Crippen LogP contribution in [0.15, 0.2) is 45.6 Å². The van der Waals surface area contributed by atoms with Gasteiger partial charge >= 0.3 is 0 Å². The van der Waals surface area contributed by atoms with E-state index in [0.717, 1.165) is 6.54 Å². The number of nitrogens with one attached hydrogen (secondary N) is 1. The van der Waals surface area contributed by atoms with E-state index in [1.54, 1.807) is 11.3 Å². The van der Waals surface area contributed by atoms with Crippen LogP contribution >= 0.6 is 27.3 Å². The molecule has 1 aromatic carbocycles. The molecule has 106 valence electrons. The van der Waals surface area contributed by atoms with Crippen molar-refractivity contribution in [2.75, 3.05) is 6.54 Å². The smallest absolute Gasteiger partial charge is 0.0437 e. The summed E-state index contributed by atoms with van der Waals surface area (Å²) in [7, 11) is 0. The van der Waals surface area contributed by atoms with Gasteiger partial charge in [0.1, 0.15) is 0 Å². The van der Waals surface area contributed by atoms with Gasteiger partial charge in [-0.15, -0.1) is 0 Å². The van der Waals surface area contributed by atoms with E-state index in [2.05, 4.69) is 69.3 Å². The predicted molar refractivity (Wildman–Crippen MR) is 90.4 cm³/mol. The third-order valence-corrected chi connectivity index (χ3v) is 6.26. The van der Waals surface area contributed by atoms with Gasteiger partial charge in [-0.25, -0.2) is 0 Å². The van der Waals surface area contributed by atoms with Gasteiger partial charge in [0.25, 0.3) is 0 Å². The third-order valence-electron chi connectivity index (χ3n) is 4.51. The second kappa shape index (κ2) is 6.00. The highest BCUT2D eigenvalue weighted by Crippen LogP contribution is 2.53. The Morgan fingerprint density at radius 2 is 2.00 bits per heavy atom. The first-order chi connectivity index (χ1) is 9.78. The molecule has 0 amide bonds. The Kier molecular flexibility index (Phi) is 4.29. The highest BCUT2D eigenvalue weighted by atomic mass is 79.9. The molecule has 0 aliphatic heterocycles. The lowest BCUT2D eigenvalue weighted by molar-refractivity contribution is 0.171. The summed E-state index contributed by atoms with van der Waals surface area (Å²) in [5, 5.41) is 8.23. The molecule has 0 spiro atoms. The molecule has 0 bridgehead atoms.